The van der Waals surface area contributed by atoms with E-state index in [-0.39, 0.29) is 29.7 Å². The van der Waals surface area contributed by atoms with E-state index in [2.05, 4.69) is 0 Å². The van der Waals surface area contributed by atoms with E-state index in [9.17, 15) is 9.59 Å². The highest BCUT2D eigenvalue weighted by molar-refractivity contribution is 5.85. The highest BCUT2D eigenvalue weighted by Crippen LogP contribution is 2.22. The summed E-state index contributed by atoms with van der Waals surface area (Å²) in [6, 6.07) is 0. The normalized spacial score (nSPS) is 14.8. The first kappa shape index (κ1) is 14.1. The largest absolute Gasteiger partial charge is 0.463 e. The molecule has 0 heterocycles. The number of hydrogen-bond donors (Lipinski definition) is 0. The van der Waals surface area contributed by atoms with Gasteiger partial charge in [0.15, 0.2) is 0 Å². The highest BCUT2D eigenvalue weighted by Gasteiger charge is 2.30. The fourth-order valence-electron chi connectivity index (χ4n) is 1.79. The SMILES string of the molecule is CCC(C(C)=O)C(CC)C(=O)OC(C)C. The molecule has 0 saturated heterocycles. The second kappa shape index (κ2) is 6.59. The first-order valence-corrected chi connectivity index (χ1v) is 5.64. The summed E-state index contributed by atoms with van der Waals surface area (Å²) in [5.41, 5.74) is 0. The van der Waals surface area contributed by atoms with Crippen LogP contribution in [0.2, 0.25) is 0 Å². The van der Waals surface area contributed by atoms with Crippen molar-refractivity contribution in [2.45, 2.75) is 53.6 Å². The van der Waals surface area contributed by atoms with Crippen LogP contribution in [0.1, 0.15) is 47.5 Å². The molecule has 0 bridgehead atoms. The molecular formula is C12H22O3. The lowest BCUT2D eigenvalue weighted by molar-refractivity contribution is -0.156. The van der Waals surface area contributed by atoms with Crippen LogP contribution in [0.4, 0.5) is 0 Å². The van der Waals surface area contributed by atoms with Crippen LogP contribution in [0.5, 0.6) is 0 Å². The van der Waals surface area contributed by atoms with E-state index in [1.807, 2.05) is 27.7 Å². The van der Waals surface area contributed by atoms with Gasteiger partial charge < -0.3 is 4.74 Å². The molecule has 15 heavy (non-hydrogen) atoms. The molecule has 0 N–H and O–H groups in total. The lowest BCUT2D eigenvalue weighted by Crippen LogP contribution is -2.30. The molecule has 0 saturated carbocycles. The molecule has 0 amide bonds. The van der Waals surface area contributed by atoms with Crippen molar-refractivity contribution in [3.8, 4) is 0 Å². The predicted octanol–water partition coefficient (Wildman–Crippen LogP) is 2.58. The van der Waals surface area contributed by atoms with Gasteiger partial charge in [0.1, 0.15) is 5.78 Å². The predicted molar refractivity (Wildman–Crippen MR) is 59.5 cm³/mol. The van der Waals surface area contributed by atoms with Crippen LogP contribution in [-0.2, 0) is 14.3 Å². The van der Waals surface area contributed by atoms with Crippen molar-refractivity contribution in [2.24, 2.45) is 11.8 Å². The van der Waals surface area contributed by atoms with Crippen LogP contribution in [0.25, 0.3) is 0 Å². The summed E-state index contributed by atoms with van der Waals surface area (Å²) in [6.45, 7) is 9.02. The molecule has 3 heteroatoms. The number of Topliss-reactive ketones (excluding diaryl/α,β-unsaturated/α-hetero) is 1. The molecule has 0 aliphatic carbocycles. The van der Waals surface area contributed by atoms with Gasteiger partial charge in [-0.1, -0.05) is 13.8 Å². The lowest BCUT2D eigenvalue weighted by atomic mass is 9.85. The van der Waals surface area contributed by atoms with Gasteiger partial charge in [0, 0.05) is 5.92 Å². The second-order valence-corrected chi connectivity index (χ2v) is 4.13. The van der Waals surface area contributed by atoms with Gasteiger partial charge in [0.2, 0.25) is 0 Å². The number of ketones is 1. The zero-order chi connectivity index (χ0) is 12.0. The Morgan fingerprint density at radius 1 is 1.07 bits per heavy atom. The van der Waals surface area contributed by atoms with Crippen molar-refractivity contribution in [2.75, 3.05) is 0 Å². The van der Waals surface area contributed by atoms with Crippen molar-refractivity contribution in [3.63, 3.8) is 0 Å². The van der Waals surface area contributed by atoms with Gasteiger partial charge in [-0.2, -0.15) is 0 Å². The third-order valence-corrected chi connectivity index (χ3v) is 2.54. The minimum Gasteiger partial charge on any atom is -0.463 e. The Morgan fingerprint density at radius 3 is 1.80 bits per heavy atom. The maximum absolute atomic E-state index is 11.7. The van der Waals surface area contributed by atoms with Gasteiger partial charge in [0.25, 0.3) is 0 Å². The maximum Gasteiger partial charge on any atom is 0.309 e. The summed E-state index contributed by atoms with van der Waals surface area (Å²) in [6.07, 6.45) is 1.24. The molecule has 0 radical (unpaired) electrons. The quantitative estimate of drug-likeness (QED) is 0.638. The minimum absolute atomic E-state index is 0.0741. The molecule has 3 nitrogen and oxygen atoms in total. The number of hydrogen-bond acceptors (Lipinski definition) is 3. The third-order valence-electron chi connectivity index (χ3n) is 2.54. The van der Waals surface area contributed by atoms with Gasteiger partial charge in [-0.05, 0) is 33.6 Å². The summed E-state index contributed by atoms with van der Waals surface area (Å²) < 4.78 is 5.15. The van der Waals surface area contributed by atoms with Gasteiger partial charge in [-0.25, -0.2) is 0 Å². The van der Waals surface area contributed by atoms with E-state index in [0.717, 1.165) is 0 Å². The van der Waals surface area contributed by atoms with E-state index in [1.54, 1.807) is 6.92 Å². The average molecular weight is 214 g/mol. The van der Waals surface area contributed by atoms with Gasteiger partial charge in [-0.3, -0.25) is 9.59 Å². The van der Waals surface area contributed by atoms with Crippen molar-refractivity contribution in [3.05, 3.63) is 0 Å². The Labute approximate surface area is 92.2 Å². The summed E-state index contributed by atoms with van der Waals surface area (Å²) in [4.78, 5) is 23.1. The summed E-state index contributed by atoms with van der Waals surface area (Å²) in [7, 11) is 0. The molecule has 0 aliphatic rings. The Morgan fingerprint density at radius 2 is 1.53 bits per heavy atom. The van der Waals surface area contributed by atoms with E-state index < -0.39 is 0 Å². The Kier molecular flexibility index (Phi) is 6.21. The summed E-state index contributed by atoms with van der Waals surface area (Å²) >= 11 is 0. The van der Waals surface area contributed by atoms with Gasteiger partial charge >= 0.3 is 5.97 Å². The molecule has 0 fully saturated rings. The van der Waals surface area contributed by atoms with E-state index in [0.29, 0.717) is 12.8 Å². The van der Waals surface area contributed by atoms with E-state index >= 15 is 0 Å². The third kappa shape index (κ3) is 4.45. The molecule has 0 rings (SSSR count). The highest BCUT2D eigenvalue weighted by atomic mass is 16.5. The van der Waals surface area contributed by atoms with Crippen LogP contribution in [-0.4, -0.2) is 17.9 Å². The van der Waals surface area contributed by atoms with Crippen LogP contribution in [0.15, 0.2) is 0 Å². The fourth-order valence-corrected chi connectivity index (χ4v) is 1.79. The number of carbonyl (C=O) groups excluding carboxylic acids is 2. The molecule has 0 aliphatic heterocycles. The van der Waals surface area contributed by atoms with Crippen LogP contribution in [0.3, 0.4) is 0 Å². The molecule has 88 valence electrons. The zero-order valence-electron chi connectivity index (χ0n) is 10.4. The van der Waals surface area contributed by atoms with Crippen LogP contribution < -0.4 is 0 Å². The molecular weight excluding hydrogens is 192 g/mol. The fraction of sp³-hybridized carbons (Fsp3) is 0.833. The van der Waals surface area contributed by atoms with Crippen molar-refractivity contribution in [1.82, 2.24) is 0 Å². The number of esters is 1. The van der Waals surface area contributed by atoms with Crippen LogP contribution in [0, 0.1) is 11.8 Å². The second-order valence-electron chi connectivity index (χ2n) is 4.13. The first-order valence-electron chi connectivity index (χ1n) is 5.64. The molecule has 0 aromatic heterocycles. The van der Waals surface area contributed by atoms with Crippen LogP contribution >= 0.6 is 0 Å². The Bertz CT molecular complexity index is 221. The molecule has 0 aromatic carbocycles. The van der Waals surface area contributed by atoms with Gasteiger partial charge in [0.05, 0.1) is 12.0 Å². The first-order chi connectivity index (χ1) is 6.93. The number of rotatable bonds is 6. The summed E-state index contributed by atoms with van der Waals surface area (Å²) in [5, 5.41) is 0. The summed E-state index contributed by atoms with van der Waals surface area (Å²) in [5.74, 6) is -0.643. The average Bonchev–Trinajstić information content (AvgIpc) is 2.11. The Balaban J connectivity index is 4.58. The minimum atomic E-state index is -0.283. The lowest BCUT2D eigenvalue weighted by Gasteiger charge is -2.22. The van der Waals surface area contributed by atoms with Crippen molar-refractivity contribution >= 4 is 11.8 Å². The number of carbonyl (C=O) groups is 2. The molecule has 0 spiro atoms. The molecule has 2 unspecified atom stereocenters. The monoisotopic (exact) mass is 214 g/mol. The van der Waals surface area contributed by atoms with Gasteiger partial charge in [-0.15, -0.1) is 0 Å². The van der Waals surface area contributed by atoms with E-state index in [4.69, 9.17) is 4.74 Å². The van der Waals surface area contributed by atoms with Crippen molar-refractivity contribution in [1.29, 1.82) is 0 Å². The number of ether oxygens (including phenoxy) is 1. The van der Waals surface area contributed by atoms with Crippen molar-refractivity contribution < 1.29 is 14.3 Å². The topological polar surface area (TPSA) is 43.4 Å². The standard InChI is InChI=1S/C12H22O3/c1-6-10(9(5)13)11(7-2)12(14)15-8(3)4/h8,10-11H,6-7H2,1-5H3. The zero-order valence-corrected chi connectivity index (χ0v) is 10.4. The molecule has 2 atom stereocenters. The van der Waals surface area contributed by atoms with E-state index in [1.165, 1.54) is 0 Å². The Hall–Kier alpha value is -0.860. The smallest absolute Gasteiger partial charge is 0.309 e. The maximum atomic E-state index is 11.7. The molecule has 0 aromatic rings.